The SMILES string of the molecule is CN1C(C)(C)CC(CCNc2nc(NCCC3CC(C)(C)N(C)C(C)(C)C3)nc(N(C3CC(C)(C)N(C)C(C)(C)C3)C3CC(C)(C)N(C)C(C)(C)C3)n2)CC1(C)C. The maximum absolute atomic E-state index is 5.42. The largest absolute Gasteiger partial charge is 0.354 e. The summed E-state index contributed by atoms with van der Waals surface area (Å²) in [6.07, 6.45) is 11.2. The van der Waals surface area contributed by atoms with E-state index in [0.717, 1.165) is 57.6 Å². The van der Waals surface area contributed by atoms with E-state index >= 15 is 0 Å². The molecule has 0 radical (unpaired) electrons. The molecule has 0 bridgehead atoms. The van der Waals surface area contributed by atoms with Gasteiger partial charge in [-0.25, -0.2) is 0 Å². The maximum Gasteiger partial charge on any atom is 0.232 e. The van der Waals surface area contributed by atoms with Crippen LogP contribution in [0.15, 0.2) is 0 Å². The van der Waals surface area contributed by atoms with Crippen LogP contribution >= 0.6 is 0 Å². The zero-order valence-electron chi connectivity index (χ0n) is 40.9. The topological polar surface area (TPSA) is 78.9 Å². The summed E-state index contributed by atoms with van der Waals surface area (Å²) in [6, 6.07) is 0.586. The van der Waals surface area contributed by atoms with Crippen LogP contribution in [-0.4, -0.2) is 132 Å². The van der Waals surface area contributed by atoms with E-state index in [4.69, 9.17) is 15.0 Å². The lowest BCUT2D eigenvalue weighted by molar-refractivity contribution is -0.0316. The van der Waals surface area contributed by atoms with E-state index in [1.54, 1.807) is 0 Å². The van der Waals surface area contributed by atoms with Gasteiger partial charge in [-0.15, -0.1) is 0 Å². The second kappa shape index (κ2) is 15.6. The third kappa shape index (κ3) is 9.91. The van der Waals surface area contributed by atoms with Gasteiger partial charge in [-0.05, 0) is 215 Å². The van der Waals surface area contributed by atoms with Crippen LogP contribution in [0, 0.1) is 11.8 Å². The fourth-order valence-corrected chi connectivity index (χ4v) is 12.6. The van der Waals surface area contributed by atoms with Gasteiger partial charge in [0.05, 0.1) is 0 Å². The van der Waals surface area contributed by atoms with Gasteiger partial charge >= 0.3 is 0 Å². The third-order valence-electron chi connectivity index (χ3n) is 16.7. The number of rotatable bonds is 11. The summed E-state index contributed by atoms with van der Waals surface area (Å²) in [5.74, 6) is 3.53. The van der Waals surface area contributed by atoms with E-state index < -0.39 is 0 Å². The summed E-state index contributed by atoms with van der Waals surface area (Å²) in [6.45, 7) is 40.3. The molecule has 328 valence electrons. The first-order chi connectivity index (χ1) is 25.8. The smallest absolute Gasteiger partial charge is 0.232 e. The van der Waals surface area contributed by atoms with Crippen LogP contribution < -0.4 is 15.5 Å². The number of hydrogen-bond acceptors (Lipinski definition) is 10. The summed E-state index contributed by atoms with van der Waals surface area (Å²) < 4.78 is 0. The fraction of sp³-hybridized carbons (Fsp3) is 0.936. The Labute approximate surface area is 351 Å². The first kappa shape index (κ1) is 46.3. The van der Waals surface area contributed by atoms with Crippen molar-refractivity contribution in [3.63, 3.8) is 0 Å². The van der Waals surface area contributed by atoms with Crippen molar-refractivity contribution in [2.75, 3.05) is 56.8 Å². The Hall–Kier alpha value is -1.75. The number of aromatic nitrogens is 3. The average molecular weight is 795 g/mol. The molecule has 0 atom stereocenters. The van der Waals surface area contributed by atoms with Crippen molar-refractivity contribution in [2.24, 2.45) is 11.8 Å². The van der Waals surface area contributed by atoms with Gasteiger partial charge in [-0.3, -0.25) is 19.6 Å². The van der Waals surface area contributed by atoms with Crippen molar-refractivity contribution in [3.8, 4) is 0 Å². The molecule has 10 nitrogen and oxygen atoms in total. The van der Waals surface area contributed by atoms with Crippen LogP contribution in [0.1, 0.15) is 175 Å². The molecule has 1 aromatic rings. The molecule has 0 amide bonds. The molecule has 5 rings (SSSR count). The van der Waals surface area contributed by atoms with Gasteiger partial charge in [0.1, 0.15) is 0 Å². The Kier molecular flexibility index (Phi) is 12.7. The van der Waals surface area contributed by atoms with Crippen LogP contribution in [0.2, 0.25) is 0 Å². The lowest BCUT2D eigenvalue weighted by Gasteiger charge is -2.60. The lowest BCUT2D eigenvalue weighted by Crippen LogP contribution is -2.67. The maximum atomic E-state index is 5.42. The van der Waals surface area contributed by atoms with Crippen LogP contribution in [0.25, 0.3) is 0 Å². The van der Waals surface area contributed by atoms with E-state index in [1.165, 1.54) is 25.7 Å². The molecule has 57 heavy (non-hydrogen) atoms. The van der Waals surface area contributed by atoms with Crippen molar-refractivity contribution < 1.29 is 0 Å². The Morgan fingerprint density at radius 2 is 0.667 bits per heavy atom. The van der Waals surface area contributed by atoms with Crippen LogP contribution in [-0.2, 0) is 0 Å². The molecule has 4 saturated heterocycles. The minimum absolute atomic E-state index is 0.0294. The normalized spacial score (nSPS) is 28.3. The lowest BCUT2D eigenvalue weighted by atomic mass is 9.73. The van der Waals surface area contributed by atoms with Crippen molar-refractivity contribution in [2.45, 2.75) is 231 Å². The molecular formula is C47H90N10. The minimum atomic E-state index is 0.0294. The Morgan fingerprint density at radius 1 is 0.421 bits per heavy atom. The highest BCUT2D eigenvalue weighted by atomic mass is 15.4. The highest BCUT2D eigenvalue weighted by Gasteiger charge is 2.51. The van der Waals surface area contributed by atoms with Crippen molar-refractivity contribution in [1.29, 1.82) is 0 Å². The van der Waals surface area contributed by atoms with Crippen molar-refractivity contribution >= 4 is 17.8 Å². The van der Waals surface area contributed by atoms with E-state index in [9.17, 15) is 0 Å². The molecule has 0 aliphatic carbocycles. The molecule has 1 aromatic heterocycles. The molecule has 10 heteroatoms. The number of piperidine rings is 4. The highest BCUT2D eigenvalue weighted by molar-refractivity contribution is 5.46. The molecular weight excluding hydrogens is 705 g/mol. The number of nitrogens with zero attached hydrogens (tertiary/aromatic N) is 8. The van der Waals surface area contributed by atoms with E-state index in [2.05, 4.69) is 174 Å². The van der Waals surface area contributed by atoms with Gasteiger partial charge in [0.25, 0.3) is 0 Å². The van der Waals surface area contributed by atoms with Crippen molar-refractivity contribution in [3.05, 3.63) is 0 Å². The zero-order valence-corrected chi connectivity index (χ0v) is 40.9. The van der Waals surface area contributed by atoms with E-state index in [0.29, 0.717) is 35.8 Å². The predicted molar refractivity (Wildman–Crippen MR) is 244 cm³/mol. The van der Waals surface area contributed by atoms with E-state index in [-0.39, 0.29) is 44.3 Å². The Balaban J connectivity index is 1.49. The molecule has 2 N–H and O–H groups in total. The summed E-state index contributed by atoms with van der Waals surface area (Å²) in [4.78, 5) is 29.0. The van der Waals surface area contributed by atoms with Gasteiger partial charge in [0, 0.05) is 69.5 Å². The second-order valence-corrected chi connectivity index (χ2v) is 24.5. The number of anilines is 3. The molecule has 0 unspecified atom stereocenters. The first-order valence-corrected chi connectivity index (χ1v) is 22.8. The van der Waals surface area contributed by atoms with Crippen LogP contribution in [0.3, 0.4) is 0 Å². The van der Waals surface area contributed by atoms with E-state index in [1.807, 2.05) is 0 Å². The number of likely N-dealkylation sites (tertiary alicyclic amines) is 4. The predicted octanol–water partition coefficient (Wildman–Crippen LogP) is 9.38. The number of nitrogens with one attached hydrogen (secondary N) is 2. The quantitative estimate of drug-likeness (QED) is 0.226. The van der Waals surface area contributed by atoms with Gasteiger partial charge in [0.15, 0.2) is 0 Å². The molecule has 0 aromatic carbocycles. The van der Waals surface area contributed by atoms with Crippen LogP contribution in [0.4, 0.5) is 17.8 Å². The Morgan fingerprint density at radius 3 is 0.930 bits per heavy atom. The summed E-state index contributed by atoms with van der Waals surface area (Å²) >= 11 is 0. The minimum Gasteiger partial charge on any atom is -0.354 e. The molecule has 4 aliphatic heterocycles. The summed E-state index contributed by atoms with van der Waals surface area (Å²) in [5.41, 5.74) is 0.815. The van der Waals surface area contributed by atoms with Gasteiger partial charge in [-0.2, -0.15) is 15.0 Å². The molecule has 4 aliphatic rings. The summed E-state index contributed by atoms with van der Waals surface area (Å²) in [5, 5.41) is 7.56. The third-order valence-corrected chi connectivity index (χ3v) is 16.7. The van der Waals surface area contributed by atoms with Gasteiger partial charge in [-0.1, -0.05) is 0 Å². The fourth-order valence-electron chi connectivity index (χ4n) is 12.6. The summed E-state index contributed by atoms with van der Waals surface area (Å²) in [7, 11) is 9.23. The molecule has 0 spiro atoms. The average Bonchev–Trinajstić information content (AvgIpc) is 3.03. The van der Waals surface area contributed by atoms with Gasteiger partial charge < -0.3 is 15.5 Å². The first-order valence-electron chi connectivity index (χ1n) is 22.8. The van der Waals surface area contributed by atoms with Crippen molar-refractivity contribution in [1.82, 2.24) is 34.6 Å². The molecule has 4 fully saturated rings. The Bertz CT molecular complexity index is 1360. The zero-order chi connectivity index (χ0) is 42.9. The second-order valence-electron chi connectivity index (χ2n) is 24.5. The number of hydrogen-bond donors (Lipinski definition) is 2. The molecule has 0 saturated carbocycles. The molecule has 5 heterocycles. The van der Waals surface area contributed by atoms with Gasteiger partial charge in [0.2, 0.25) is 17.8 Å². The van der Waals surface area contributed by atoms with Crippen LogP contribution in [0.5, 0.6) is 0 Å². The highest BCUT2D eigenvalue weighted by Crippen LogP contribution is 2.46. The standard InChI is InChI=1S/C47H90N10/c1-40(2)25-33(26-41(3,4)53(40)17)21-23-48-37-50-38(49-24-22-34-27-42(5,6)54(18)43(7,8)28-34)52-39(51-37)57(35-29-44(9,10)55(19)45(11,12)30-35)36-31-46(13,14)56(20)47(15,16)32-36/h33-36H,21-32H2,1-20H3,(H2,48,49,50,51,52). The monoisotopic (exact) mass is 795 g/mol.